The third kappa shape index (κ3) is 5.03. The lowest BCUT2D eigenvalue weighted by Crippen LogP contribution is -2.46. The molecule has 172 valence electrons. The first kappa shape index (κ1) is 22.5. The van der Waals surface area contributed by atoms with Crippen LogP contribution >= 0.6 is 0 Å². The van der Waals surface area contributed by atoms with Crippen LogP contribution in [0.4, 0.5) is 5.69 Å². The van der Waals surface area contributed by atoms with Gasteiger partial charge in [-0.05, 0) is 30.5 Å². The molecule has 2 aromatic carbocycles. The Balaban J connectivity index is 1.84. The number of hydrogen-bond acceptors (Lipinski definition) is 5. The molecule has 0 unspecified atom stereocenters. The molecular weight excluding hydrogens is 420 g/mol. The van der Waals surface area contributed by atoms with E-state index in [1.807, 2.05) is 30.3 Å². The van der Waals surface area contributed by atoms with E-state index in [2.05, 4.69) is 5.32 Å². The van der Waals surface area contributed by atoms with Crippen LogP contribution in [-0.4, -0.2) is 32.1 Å². The molecule has 0 spiro atoms. The number of ether oxygens (including phenoxy) is 2. The Labute approximate surface area is 193 Å². The Morgan fingerprint density at radius 1 is 0.970 bits per heavy atom. The summed E-state index contributed by atoms with van der Waals surface area (Å²) in [5.74, 6) is 0.459. The van der Waals surface area contributed by atoms with Gasteiger partial charge in [-0.15, -0.1) is 0 Å². The molecule has 4 rings (SSSR count). The number of carbonyl (C=O) groups excluding carboxylic acids is 2. The molecule has 1 aliphatic carbocycles. The number of amides is 2. The summed E-state index contributed by atoms with van der Waals surface area (Å²) in [6, 6.07) is 16.8. The fraction of sp³-hybridized carbons (Fsp3) is 0.308. The smallest absolute Gasteiger partial charge is 0.294 e. The van der Waals surface area contributed by atoms with E-state index >= 15 is 0 Å². The Morgan fingerprint density at radius 3 is 2.21 bits per heavy atom. The van der Waals surface area contributed by atoms with Gasteiger partial charge in [0, 0.05) is 24.2 Å². The summed E-state index contributed by atoms with van der Waals surface area (Å²) in [4.78, 5) is 28.9. The van der Waals surface area contributed by atoms with Crippen molar-refractivity contribution < 1.29 is 23.5 Å². The van der Waals surface area contributed by atoms with Crippen molar-refractivity contribution in [1.82, 2.24) is 5.32 Å². The first-order valence-corrected chi connectivity index (χ1v) is 11.1. The molecule has 1 atom stereocenters. The average Bonchev–Trinajstić information content (AvgIpc) is 3.57. The maximum atomic E-state index is 13.7. The van der Waals surface area contributed by atoms with E-state index in [1.54, 1.807) is 44.6 Å². The number of nitrogens with zero attached hydrogens (tertiary/aromatic N) is 1. The number of rotatable bonds is 8. The zero-order chi connectivity index (χ0) is 23.2. The van der Waals surface area contributed by atoms with Crippen molar-refractivity contribution in [3.63, 3.8) is 0 Å². The summed E-state index contributed by atoms with van der Waals surface area (Å²) in [5.41, 5.74) is 1.15. The molecule has 1 aliphatic rings. The monoisotopic (exact) mass is 448 g/mol. The zero-order valence-electron chi connectivity index (χ0n) is 18.8. The van der Waals surface area contributed by atoms with Gasteiger partial charge in [0.1, 0.15) is 17.5 Å². The van der Waals surface area contributed by atoms with Crippen molar-refractivity contribution in [3.05, 3.63) is 78.3 Å². The Bertz CT molecular complexity index is 1050. The number of anilines is 1. The summed E-state index contributed by atoms with van der Waals surface area (Å²) >= 11 is 0. The zero-order valence-corrected chi connectivity index (χ0v) is 18.8. The fourth-order valence-corrected chi connectivity index (χ4v) is 4.24. The molecule has 33 heavy (non-hydrogen) atoms. The second kappa shape index (κ2) is 10.3. The minimum atomic E-state index is -0.916. The van der Waals surface area contributed by atoms with Gasteiger partial charge < -0.3 is 19.2 Å². The predicted molar refractivity (Wildman–Crippen MR) is 125 cm³/mol. The molecule has 0 radical (unpaired) electrons. The van der Waals surface area contributed by atoms with Crippen molar-refractivity contribution in [1.29, 1.82) is 0 Å². The van der Waals surface area contributed by atoms with Crippen molar-refractivity contribution >= 4 is 17.5 Å². The molecule has 1 aromatic heterocycles. The van der Waals surface area contributed by atoms with Crippen LogP contribution in [0, 0.1) is 0 Å². The molecule has 7 nitrogen and oxygen atoms in total. The lowest BCUT2D eigenvalue weighted by molar-refractivity contribution is -0.123. The Kier molecular flexibility index (Phi) is 6.98. The predicted octanol–water partition coefficient (Wildman–Crippen LogP) is 4.74. The highest BCUT2D eigenvalue weighted by atomic mass is 16.5. The van der Waals surface area contributed by atoms with Crippen LogP contribution in [0.15, 0.2) is 71.3 Å². The van der Waals surface area contributed by atoms with Gasteiger partial charge in [-0.3, -0.25) is 14.5 Å². The van der Waals surface area contributed by atoms with Crippen LogP contribution in [0.5, 0.6) is 11.5 Å². The third-order valence-electron chi connectivity index (χ3n) is 5.89. The average molecular weight is 449 g/mol. The van der Waals surface area contributed by atoms with E-state index < -0.39 is 11.9 Å². The highest BCUT2D eigenvalue weighted by molar-refractivity contribution is 6.09. The summed E-state index contributed by atoms with van der Waals surface area (Å²) < 4.78 is 16.3. The lowest BCUT2D eigenvalue weighted by Gasteiger charge is -2.32. The Hall–Kier alpha value is -3.74. The number of carbonyl (C=O) groups is 2. The van der Waals surface area contributed by atoms with Crippen LogP contribution < -0.4 is 19.7 Å². The molecular formula is C26H28N2O5. The molecule has 1 heterocycles. The summed E-state index contributed by atoms with van der Waals surface area (Å²) in [7, 11) is 3.08. The van der Waals surface area contributed by atoms with Gasteiger partial charge in [0.05, 0.1) is 26.2 Å². The topological polar surface area (TPSA) is 81.0 Å². The van der Waals surface area contributed by atoms with E-state index in [4.69, 9.17) is 13.9 Å². The van der Waals surface area contributed by atoms with Crippen LogP contribution in [0.2, 0.25) is 0 Å². The number of nitrogens with one attached hydrogen (secondary N) is 1. The molecule has 3 aromatic rings. The summed E-state index contributed by atoms with van der Waals surface area (Å²) in [5, 5.41) is 3.16. The molecule has 1 N–H and O–H groups in total. The van der Waals surface area contributed by atoms with E-state index in [0.717, 1.165) is 25.7 Å². The SMILES string of the molecule is COc1cc(OC)cc(N(C(=O)c2ccco2)[C@@H](C(=O)NC2CCCC2)c2ccccc2)c1. The van der Waals surface area contributed by atoms with E-state index in [-0.39, 0.29) is 17.7 Å². The van der Waals surface area contributed by atoms with Gasteiger partial charge in [-0.1, -0.05) is 43.2 Å². The van der Waals surface area contributed by atoms with Crippen LogP contribution in [-0.2, 0) is 4.79 Å². The highest BCUT2D eigenvalue weighted by Gasteiger charge is 2.36. The molecule has 1 saturated carbocycles. The van der Waals surface area contributed by atoms with Crippen LogP contribution in [0.1, 0.15) is 47.8 Å². The third-order valence-corrected chi connectivity index (χ3v) is 5.89. The van der Waals surface area contributed by atoms with Gasteiger partial charge in [0.15, 0.2) is 5.76 Å². The standard InChI is InChI=1S/C26H28N2O5/c1-31-21-15-20(16-22(17-21)32-2)28(26(30)23-13-8-14-33-23)24(18-9-4-3-5-10-18)25(29)27-19-11-6-7-12-19/h3-5,8-10,13-17,19,24H,6-7,11-12H2,1-2H3,(H,27,29)/t24-/m1/s1. The molecule has 1 fully saturated rings. The molecule has 0 bridgehead atoms. The van der Waals surface area contributed by atoms with Crippen LogP contribution in [0.25, 0.3) is 0 Å². The number of benzene rings is 2. The van der Waals surface area contributed by atoms with Gasteiger partial charge in [0.2, 0.25) is 5.91 Å². The fourth-order valence-electron chi connectivity index (χ4n) is 4.24. The maximum Gasteiger partial charge on any atom is 0.294 e. The van der Waals surface area contributed by atoms with Gasteiger partial charge >= 0.3 is 0 Å². The lowest BCUT2D eigenvalue weighted by atomic mass is 10.0. The first-order chi connectivity index (χ1) is 16.1. The van der Waals surface area contributed by atoms with E-state index in [0.29, 0.717) is 22.7 Å². The second-order valence-electron chi connectivity index (χ2n) is 8.03. The van der Waals surface area contributed by atoms with Crippen molar-refractivity contribution in [2.24, 2.45) is 0 Å². The summed E-state index contributed by atoms with van der Waals surface area (Å²) in [6.07, 6.45) is 5.48. The molecule has 7 heteroatoms. The van der Waals surface area contributed by atoms with E-state index in [9.17, 15) is 9.59 Å². The second-order valence-corrected chi connectivity index (χ2v) is 8.03. The van der Waals surface area contributed by atoms with Gasteiger partial charge in [-0.25, -0.2) is 0 Å². The minimum absolute atomic E-state index is 0.101. The number of methoxy groups -OCH3 is 2. The van der Waals surface area contributed by atoms with Crippen molar-refractivity contribution in [2.45, 2.75) is 37.8 Å². The number of furan rings is 1. The molecule has 2 amide bonds. The quantitative estimate of drug-likeness (QED) is 0.538. The van der Waals surface area contributed by atoms with Gasteiger partial charge in [0.25, 0.3) is 5.91 Å². The highest BCUT2D eigenvalue weighted by Crippen LogP contribution is 2.35. The van der Waals surface area contributed by atoms with Crippen molar-refractivity contribution in [2.75, 3.05) is 19.1 Å². The van der Waals surface area contributed by atoms with Gasteiger partial charge in [-0.2, -0.15) is 0 Å². The van der Waals surface area contributed by atoms with E-state index in [1.165, 1.54) is 11.2 Å². The number of hydrogen-bond donors (Lipinski definition) is 1. The normalized spacial score (nSPS) is 14.5. The van der Waals surface area contributed by atoms with Crippen molar-refractivity contribution in [3.8, 4) is 11.5 Å². The first-order valence-electron chi connectivity index (χ1n) is 11.1. The summed E-state index contributed by atoms with van der Waals surface area (Å²) in [6.45, 7) is 0. The van der Waals surface area contributed by atoms with Crippen LogP contribution in [0.3, 0.4) is 0 Å². The molecule has 0 saturated heterocycles. The largest absolute Gasteiger partial charge is 0.497 e. The maximum absolute atomic E-state index is 13.7. The minimum Gasteiger partial charge on any atom is -0.497 e. The molecule has 0 aliphatic heterocycles. The Morgan fingerprint density at radius 2 is 1.64 bits per heavy atom.